The standard InChI is InChI=1S/C16H24O5/c1-15(2,21-14(18)11-3-4-11)9-13-10-19-16(20-13)7-5-12(17)6-8-16/h11,13H,3-10H2,1-2H3. The Hall–Kier alpha value is -0.940. The lowest BCUT2D eigenvalue weighted by Crippen LogP contribution is -2.38. The highest BCUT2D eigenvalue weighted by molar-refractivity contribution is 5.79. The molecule has 3 rings (SSSR count). The van der Waals surface area contributed by atoms with Gasteiger partial charge in [0.1, 0.15) is 11.4 Å². The summed E-state index contributed by atoms with van der Waals surface area (Å²) in [5.41, 5.74) is -0.538. The Morgan fingerprint density at radius 2 is 2.00 bits per heavy atom. The molecule has 5 nitrogen and oxygen atoms in total. The lowest BCUT2D eigenvalue weighted by Gasteiger charge is -2.32. The van der Waals surface area contributed by atoms with Crippen molar-refractivity contribution >= 4 is 11.8 Å². The summed E-state index contributed by atoms with van der Waals surface area (Å²) in [6, 6.07) is 0. The highest BCUT2D eigenvalue weighted by Gasteiger charge is 2.46. The van der Waals surface area contributed by atoms with Crippen molar-refractivity contribution in [1.82, 2.24) is 0 Å². The van der Waals surface area contributed by atoms with Crippen LogP contribution in [0, 0.1) is 5.92 Å². The van der Waals surface area contributed by atoms with Crippen LogP contribution in [0.25, 0.3) is 0 Å². The average molecular weight is 296 g/mol. The molecule has 2 aliphatic carbocycles. The minimum atomic E-state index is -0.574. The molecule has 1 atom stereocenters. The van der Waals surface area contributed by atoms with Gasteiger partial charge in [0.25, 0.3) is 0 Å². The van der Waals surface area contributed by atoms with Crippen LogP contribution in [0.2, 0.25) is 0 Å². The molecule has 0 aromatic heterocycles. The number of hydrogen-bond donors (Lipinski definition) is 0. The minimum absolute atomic E-state index is 0.0693. The normalized spacial score (nSPS) is 28.9. The molecule has 5 heteroatoms. The van der Waals surface area contributed by atoms with Crippen LogP contribution in [0.3, 0.4) is 0 Å². The maximum atomic E-state index is 11.8. The monoisotopic (exact) mass is 296 g/mol. The van der Waals surface area contributed by atoms with Crippen LogP contribution in [0.5, 0.6) is 0 Å². The van der Waals surface area contributed by atoms with Gasteiger partial charge in [-0.2, -0.15) is 0 Å². The van der Waals surface area contributed by atoms with Crippen LogP contribution < -0.4 is 0 Å². The third kappa shape index (κ3) is 3.64. The highest BCUT2D eigenvalue weighted by Crippen LogP contribution is 2.39. The molecule has 3 aliphatic rings. The van der Waals surface area contributed by atoms with E-state index in [9.17, 15) is 9.59 Å². The second-order valence-corrected chi connectivity index (χ2v) is 7.16. The summed E-state index contributed by atoms with van der Waals surface area (Å²) in [6.45, 7) is 4.36. The smallest absolute Gasteiger partial charge is 0.309 e. The van der Waals surface area contributed by atoms with E-state index >= 15 is 0 Å². The molecule has 1 saturated heterocycles. The maximum absolute atomic E-state index is 11.8. The van der Waals surface area contributed by atoms with Gasteiger partial charge in [-0.15, -0.1) is 0 Å². The summed E-state index contributed by atoms with van der Waals surface area (Å²) in [6.07, 6.45) is 4.82. The fourth-order valence-corrected chi connectivity index (χ4v) is 3.15. The second-order valence-electron chi connectivity index (χ2n) is 7.16. The van der Waals surface area contributed by atoms with E-state index in [2.05, 4.69) is 0 Å². The van der Waals surface area contributed by atoms with Crippen molar-refractivity contribution in [1.29, 1.82) is 0 Å². The number of rotatable bonds is 4. The number of Topliss-reactive ketones (excluding diaryl/α,β-unsaturated/α-hetero) is 1. The number of hydrogen-bond acceptors (Lipinski definition) is 5. The maximum Gasteiger partial charge on any atom is 0.309 e. The van der Waals surface area contributed by atoms with Gasteiger partial charge in [0.15, 0.2) is 5.79 Å². The summed E-state index contributed by atoms with van der Waals surface area (Å²) in [7, 11) is 0. The van der Waals surface area contributed by atoms with Crippen molar-refractivity contribution in [3.63, 3.8) is 0 Å². The van der Waals surface area contributed by atoms with Crippen LogP contribution in [-0.2, 0) is 23.8 Å². The minimum Gasteiger partial charge on any atom is -0.459 e. The molecule has 0 aromatic rings. The molecule has 0 N–H and O–H groups in total. The molecule has 0 radical (unpaired) electrons. The Kier molecular flexibility index (Phi) is 3.82. The predicted molar refractivity (Wildman–Crippen MR) is 74.5 cm³/mol. The van der Waals surface area contributed by atoms with Crippen molar-refractivity contribution in [3.8, 4) is 0 Å². The summed E-state index contributed by atoms with van der Waals surface area (Å²) in [4.78, 5) is 23.1. The largest absolute Gasteiger partial charge is 0.459 e. The number of carbonyl (C=O) groups excluding carboxylic acids is 2. The van der Waals surface area contributed by atoms with Crippen LogP contribution in [-0.4, -0.2) is 35.9 Å². The van der Waals surface area contributed by atoms with E-state index in [1.54, 1.807) is 0 Å². The fraction of sp³-hybridized carbons (Fsp3) is 0.875. The van der Waals surface area contributed by atoms with E-state index in [1.165, 1.54) is 0 Å². The third-order valence-corrected chi connectivity index (χ3v) is 4.49. The molecule has 2 saturated carbocycles. The molecule has 0 amide bonds. The van der Waals surface area contributed by atoms with Crippen molar-refractivity contribution in [2.45, 2.75) is 76.3 Å². The molecular weight excluding hydrogens is 272 g/mol. The van der Waals surface area contributed by atoms with E-state index < -0.39 is 11.4 Å². The first-order valence-electron chi connectivity index (χ1n) is 7.94. The third-order valence-electron chi connectivity index (χ3n) is 4.49. The number of esters is 1. The van der Waals surface area contributed by atoms with E-state index in [1.807, 2.05) is 13.8 Å². The van der Waals surface area contributed by atoms with Gasteiger partial charge in [-0.3, -0.25) is 9.59 Å². The first-order valence-corrected chi connectivity index (χ1v) is 7.94. The van der Waals surface area contributed by atoms with E-state index in [-0.39, 0.29) is 23.8 Å². The zero-order valence-electron chi connectivity index (χ0n) is 12.9. The van der Waals surface area contributed by atoms with Crippen molar-refractivity contribution < 1.29 is 23.8 Å². The van der Waals surface area contributed by atoms with Crippen molar-refractivity contribution in [2.75, 3.05) is 6.61 Å². The Balaban J connectivity index is 1.51. The number of carbonyl (C=O) groups is 2. The van der Waals surface area contributed by atoms with Crippen LogP contribution in [0.1, 0.15) is 58.8 Å². The SMILES string of the molecule is CC(C)(CC1COC2(CCC(=O)CC2)O1)OC(=O)C1CC1. The van der Waals surface area contributed by atoms with Gasteiger partial charge < -0.3 is 14.2 Å². The topological polar surface area (TPSA) is 61.8 Å². The van der Waals surface area contributed by atoms with Crippen LogP contribution >= 0.6 is 0 Å². The average Bonchev–Trinajstić information content (AvgIpc) is 3.18. The molecule has 118 valence electrons. The lowest BCUT2D eigenvalue weighted by atomic mass is 9.93. The zero-order valence-corrected chi connectivity index (χ0v) is 12.9. The van der Waals surface area contributed by atoms with Gasteiger partial charge in [-0.1, -0.05) is 0 Å². The van der Waals surface area contributed by atoms with Crippen LogP contribution in [0.15, 0.2) is 0 Å². The first kappa shape index (κ1) is 15.0. The molecular formula is C16H24O5. The second kappa shape index (κ2) is 5.36. The number of ketones is 1. The Morgan fingerprint density at radius 1 is 1.33 bits per heavy atom. The molecule has 1 spiro atoms. The first-order chi connectivity index (χ1) is 9.88. The summed E-state index contributed by atoms with van der Waals surface area (Å²) < 4.78 is 17.5. The molecule has 1 aliphatic heterocycles. The van der Waals surface area contributed by atoms with Crippen molar-refractivity contribution in [3.05, 3.63) is 0 Å². The Labute approximate surface area is 125 Å². The van der Waals surface area contributed by atoms with E-state index in [0.29, 0.717) is 38.7 Å². The predicted octanol–water partition coefficient (Wildman–Crippen LogP) is 2.36. The molecule has 1 heterocycles. The van der Waals surface area contributed by atoms with Gasteiger partial charge in [0.2, 0.25) is 0 Å². The van der Waals surface area contributed by atoms with Gasteiger partial charge in [-0.25, -0.2) is 0 Å². The summed E-state index contributed by atoms with van der Waals surface area (Å²) in [5.74, 6) is -0.262. The zero-order chi connectivity index (χ0) is 15.1. The highest BCUT2D eigenvalue weighted by atomic mass is 16.7. The van der Waals surface area contributed by atoms with E-state index in [4.69, 9.17) is 14.2 Å². The van der Waals surface area contributed by atoms with Gasteiger partial charge >= 0.3 is 5.97 Å². The summed E-state index contributed by atoms with van der Waals surface area (Å²) in [5, 5.41) is 0. The van der Waals surface area contributed by atoms with Gasteiger partial charge in [0.05, 0.1) is 18.6 Å². The molecule has 3 fully saturated rings. The van der Waals surface area contributed by atoms with E-state index in [0.717, 1.165) is 12.8 Å². The van der Waals surface area contributed by atoms with Crippen molar-refractivity contribution in [2.24, 2.45) is 5.92 Å². The molecule has 0 bridgehead atoms. The quantitative estimate of drug-likeness (QED) is 0.745. The van der Waals surface area contributed by atoms with Gasteiger partial charge in [0, 0.05) is 32.1 Å². The Bertz CT molecular complexity index is 428. The van der Waals surface area contributed by atoms with Crippen LogP contribution in [0.4, 0.5) is 0 Å². The van der Waals surface area contributed by atoms with Gasteiger partial charge in [-0.05, 0) is 26.7 Å². The fourth-order valence-electron chi connectivity index (χ4n) is 3.15. The molecule has 0 aromatic carbocycles. The lowest BCUT2D eigenvalue weighted by molar-refractivity contribution is -0.194. The molecule has 21 heavy (non-hydrogen) atoms. The summed E-state index contributed by atoms with van der Waals surface area (Å²) >= 11 is 0. The number of ether oxygens (including phenoxy) is 3. The molecule has 1 unspecified atom stereocenters. The Morgan fingerprint density at radius 3 is 2.62 bits per heavy atom.